The third-order valence-electron chi connectivity index (χ3n) is 2.71. The average Bonchev–Trinajstić information content (AvgIpc) is 2.78. The smallest absolute Gasteiger partial charge is 0.0907 e. The van der Waals surface area contributed by atoms with Crippen LogP contribution in [0, 0.1) is 6.92 Å². The number of hydrogen-bond donors (Lipinski definition) is 1. The van der Waals surface area contributed by atoms with Gasteiger partial charge in [0.25, 0.3) is 0 Å². The predicted molar refractivity (Wildman–Crippen MR) is 65.3 cm³/mol. The molecule has 0 radical (unpaired) electrons. The Bertz CT molecular complexity index is 312. The lowest BCUT2D eigenvalue weighted by Gasteiger charge is -2.13. The SMILES string of the molecule is Cc1cc(C(O)CC2CCCO2)sc1Br. The zero-order valence-corrected chi connectivity index (χ0v) is 11.1. The zero-order chi connectivity index (χ0) is 10.8. The molecule has 1 aliphatic rings. The zero-order valence-electron chi connectivity index (χ0n) is 8.70. The van der Waals surface area contributed by atoms with E-state index in [1.807, 2.05) is 13.0 Å². The summed E-state index contributed by atoms with van der Waals surface area (Å²) in [5.41, 5.74) is 1.20. The van der Waals surface area contributed by atoms with Crippen LogP contribution in [-0.4, -0.2) is 17.8 Å². The molecule has 1 aliphatic heterocycles. The molecule has 0 bridgehead atoms. The number of rotatable bonds is 3. The van der Waals surface area contributed by atoms with E-state index >= 15 is 0 Å². The van der Waals surface area contributed by atoms with Gasteiger partial charge in [0.15, 0.2) is 0 Å². The summed E-state index contributed by atoms with van der Waals surface area (Å²) in [5, 5.41) is 10.0. The topological polar surface area (TPSA) is 29.5 Å². The molecule has 2 nitrogen and oxygen atoms in total. The largest absolute Gasteiger partial charge is 0.387 e. The first kappa shape index (κ1) is 11.6. The minimum absolute atomic E-state index is 0.251. The van der Waals surface area contributed by atoms with Crippen LogP contribution in [0.5, 0.6) is 0 Å². The molecule has 1 aromatic rings. The van der Waals surface area contributed by atoms with Crippen LogP contribution in [0.2, 0.25) is 0 Å². The Morgan fingerprint density at radius 2 is 2.53 bits per heavy atom. The van der Waals surface area contributed by atoms with Gasteiger partial charge in [-0.3, -0.25) is 0 Å². The minimum atomic E-state index is -0.372. The molecule has 4 heteroatoms. The maximum absolute atomic E-state index is 10.0. The molecule has 2 heterocycles. The van der Waals surface area contributed by atoms with Crippen molar-refractivity contribution >= 4 is 27.3 Å². The van der Waals surface area contributed by atoms with Crippen LogP contribution in [0.3, 0.4) is 0 Å². The van der Waals surface area contributed by atoms with E-state index in [1.165, 1.54) is 5.56 Å². The standard InChI is InChI=1S/C11H15BrO2S/c1-7-5-10(15-11(7)12)9(13)6-8-3-2-4-14-8/h5,8-9,13H,2-4,6H2,1H3. The molecule has 0 aromatic carbocycles. The number of hydrogen-bond acceptors (Lipinski definition) is 3. The molecule has 2 atom stereocenters. The van der Waals surface area contributed by atoms with Gasteiger partial charge in [0, 0.05) is 17.9 Å². The maximum atomic E-state index is 10.0. The third-order valence-corrected chi connectivity index (χ3v) is 4.95. The van der Waals surface area contributed by atoms with Crippen molar-refractivity contribution in [1.82, 2.24) is 0 Å². The highest BCUT2D eigenvalue weighted by Crippen LogP contribution is 2.34. The van der Waals surface area contributed by atoms with Gasteiger partial charge in [-0.25, -0.2) is 0 Å². The molecule has 2 rings (SSSR count). The Morgan fingerprint density at radius 1 is 1.73 bits per heavy atom. The van der Waals surface area contributed by atoms with Crippen LogP contribution >= 0.6 is 27.3 Å². The summed E-state index contributed by atoms with van der Waals surface area (Å²) < 4.78 is 6.63. The molecule has 1 aromatic heterocycles. The molecule has 1 saturated heterocycles. The maximum Gasteiger partial charge on any atom is 0.0907 e. The number of aliphatic hydroxyl groups is 1. The van der Waals surface area contributed by atoms with Gasteiger partial charge in [-0.2, -0.15) is 0 Å². The van der Waals surface area contributed by atoms with Crippen molar-refractivity contribution in [2.45, 2.75) is 38.4 Å². The molecule has 84 valence electrons. The van der Waals surface area contributed by atoms with E-state index in [4.69, 9.17) is 4.74 Å². The summed E-state index contributed by atoms with van der Waals surface area (Å²) in [5.74, 6) is 0. The number of ether oxygens (including phenoxy) is 1. The number of aryl methyl sites for hydroxylation is 1. The number of thiophene rings is 1. The molecular formula is C11H15BrO2S. The minimum Gasteiger partial charge on any atom is -0.387 e. The Labute approximate surface area is 102 Å². The highest BCUT2D eigenvalue weighted by Gasteiger charge is 2.21. The molecule has 0 spiro atoms. The lowest BCUT2D eigenvalue weighted by Crippen LogP contribution is -2.10. The summed E-state index contributed by atoms with van der Waals surface area (Å²) in [6.45, 7) is 2.90. The molecule has 0 amide bonds. The monoisotopic (exact) mass is 290 g/mol. The predicted octanol–water partition coefficient (Wildman–Crippen LogP) is 3.42. The van der Waals surface area contributed by atoms with Crippen molar-refractivity contribution in [3.63, 3.8) is 0 Å². The van der Waals surface area contributed by atoms with Gasteiger partial charge < -0.3 is 9.84 Å². The number of halogens is 1. The van der Waals surface area contributed by atoms with E-state index in [-0.39, 0.29) is 12.2 Å². The van der Waals surface area contributed by atoms with Crippen molar-refractivity contribution < 1.29 is 9.84 Å². The van der Waals surface area contributed by atoms with E-state index in [2.05, 4.69) is 15.9 Å². The molecule has 1 fully saturated rings. The molecule has 15 heavy (non-hydrogen) atoms. The van der Waals surface area contributed by atoms with Crippen LogP contribution in [0.15, 0.2) is 9.85 Å². The van der Waals surface area contributed by atoms with Gasteiger partial charge in [0.1, 0.15) is 0 Å². The van der Waals surface area contributed by atoms with Gasteiger partial charge in [-0.05, 0) is 47.3 Å². The Balaban J connectivity index is 1.97. The van der Waals surface area contributed by atoms with Gasteiger partial charge in [-0.1, -0.05) is 0 Å². The van der Waals surface area contributed by atoms with Crippen LogP contribution in [0.1, 0.15) is 35.8 Å². The van der Waals surface area contributed by atoms with Gasteiger partial charge in [0.2, 0.25) is 0 Å². The molecular weight excluding hydrogens is 276 g/mol. The van der Waals surface area contributed by atoms with E-state index in [9.17, 15) is 5.11 Å². The van der Waals surface area contributed by atoms with Gasteiger partial charge in [0.05, 0.1) is 16.0 Å². The van der Waals surface area contributed by atoms with Crippen LogP contribution < -0.4 is 0 Å². The molecule has 2 unspecified atom stereocenters. The molecule has 0 saturated carbocycles. The van der Waals surface area contributed by atoms with Crippen molar-refractivity contribution in [3.8, 4) is 0 Å². The Hall–Kier alpha value is 0.100. The summed E-state index contributed by atoms with van der Waals surface area (Å²) in [7, 11) is 0. The van der Waals surface area contributed by atoms with Crippen LogP contribution in [-0.2, 0) is 4.74 Å². The molecule has 1 N–H and O–H groups in total. The first-order valence-electron chi connectivity index (χ1n) is 5.22. The summed E-state index contributed by atoms with van der Waals surface area (Å²) in [6, 6.07) is 2.05. The Kier molecular flexibility index (Phi) is 3.83. The Morgan fingerprint density at radius 3 is 3.07 bits per heavy atom. The first-order valence-corrected chi connectivity index (χ1v) is 6.83. The summed E-state index contributed by atoms with van der Waals surface area (Å²) in [4.78, 5) is 1.04. The first-order chi connectivity index (χ1) is 7.16. The van der Waals surface area contributed by atoms with E-state index < -0.39 is 0 Å². The van der Waals surface area contributed by atoms with Crippen molar-refractivity contribution in [2.75, 3.05) is 6.61 Å². The highest BCUT2D eigenvalue weighted by molar-refractivity contribution is 9.11. The fourth-order valence-corrected chi connectivity index (χ4v) is 3.41. The van der Waals surface area contributed by atoms with Crippen molar-refractivity contribution in [3.05, 3.63) is 20.3 Å². The van der Waals surface area contributed by atoms with Gasteiger partial charge >= 0.3 is 0 Å². The fraction of sp³-hybridized carbons (Fsp3) is 0.636. The molecule has 0 aliphatic carbocycles. The van der Waals surface area contributed by atoms with E-state index in [1.54, 1.807) is 11.3 Å². The van der Waals surface area contributed by atoms with Crippen molar-refractivity contribution in [1.29, 1.82) is 0 Å². The van der Waals surface area contributed by atoms with Gasteiger partial charge in [-0.15, -0.1) is 11.3 Å². The van der Waals surface area contributed by atoms with Crippen molar-refractivity contribution in [2.24, 2.45) is 0 Å². The highest BCUT2D eigenvalue weighted by atomic mass is 79.9. The lowest BCUT2D eigenvalue weighted by atomic mass is 10.1. The van der Waals surface area contributed by atoms with E-state index in [0.29, 0.717) is 0 Å². The second-order valence-electron chi connectivity index (χ2n) is 3.99. The van der Waals surface area contributed by atoms with Crippen LogP contribution in [0.25, 0.3) is 0 Å². The second kappa shape index (κ2) is 4.95. The third kappa shape index (κ3) is 2.81. The lowest BCUT2D eigenvalue weighted by molar-refractivity contribution is 0.0548. The van der Waals surface area contributed by atoms with Crippen LogP contribution in [0.4, 0.5) is 0 Å². The normalized spacial score (nSPS) is 23.3. The average molecular weight is 291 g/mol. The number of aliphatic hydroxyl groups excluding tert-OH is 1. The summed E-state index contributed by atoms with van der Waals surface area (Å²) in [6.07, 6.45) is 2.82. The second-order valence-corrected chi connectivity index (χ2v) is 6.39. The summed E-state index contributed by atoms with van der Waals surface area (Å²) >= 11 is 5.09. The van der Waals surface area contributed by atoms with E-state index in [0.717, 1.165) is 34.5 Å². The quantitative estimate of drug-likeness (QED) is 0.924. The fourth-order valence-electron chi connectivity index (χ4n) is 1.84.